The fourth-order valence-electron chi connectivity index (χ4n) is 1.17. The number of halogens is 1. The second-order valence-corrected chi connectivity index (χ2v) is 4.81. The lowest BCUT2D eigenvalue weighted by Crippen LogP contribution is -2.10. The lowest BCUT2D eigenvalue weighted by atomic mass is 9.98. The van der Waals surface area contributed by atoms with Crippen molar-refractivity contribution in [1.29, 1.82) is 0 Å². The van der Waals surface area contributed by atoms with Crippen LogP contribution < -0.4 is 0 Å². The lowest BCUT2D eigenvalue weighted by Gasteiger charge is -2.20. The van der Waals surface area contributed by atoms with Crippen molar-refractivity contribution in [3.63, 3.8) is 0 Å². The van der Waals surface area contributed by atoms with E-state index in [1.54, 1.807) is 0 Å². The third kappa shape index (κ3) is 2.21. The highest BCUT2D eigenvalue weighted by atomic mass is 79.9. The zero-order chi connectivity index (χ0) is 9.03. The molecule has 0 N–H and O–H groups in total. The summed E-state index contributed by atoms with van der Waals surface area (Å²) in [4.78, 5) is 0. The molecule has 0 spiro atoms. The van der Waals surface area contributed by atoms with Crippen LogP contribution in [0.25, 0.3) is 0 Å². The Bertz CT molecular complexity index is 249. The highest BCUT2D eigenvalue weighted by Crippen LogP contribution is 2.34. The Morgan fingerprint density at radius 1 is 1.42 bits per heavy atom. The monoisotopic (exact) mass is 224 g/mol. The molecular formula is C11H13Br. The zero-order valence-corrected chi connectivity index (χ0v) is 8.84. The predicted molar refractivity (Wildman–Crippen MR) is 57.5 cm³/mol. The van der Waals surface area contributed by atoms with E-state index in [-0.39, 0.29) is 4.32 Å². The van der Waals surface area contributed by atoms with Crippen molar-refractivity contribution in [3.8, 4) is 0 Å². The molecule has 0 aliphatic carbocycles. The van der Waals surface area contributed by atoms with E-state index in [2.05, 4.69) is 53.7 Å². The molecule has 1 unspecified atom stereocenters. The van der Waals surface area contributed by atoms with E-state index in [9.17, 15) is 0 Å². The molecule has 64 valence electrons. The van der Waals surface area contributed by atoms with Crippen molar-refractivity contribution in [1.82, 2.24) is 0 Å². The second kappa shape index (κ2) is 3.90. The third-order valence-corrected chi connectivity index (χ3v) is 2.68. The molecule has 0 saturated carbocycles. The van der Waals surface area contributed by atoms with Gasteiger partial charge in [0, 0.05) is 0 Å². The van der Waals surface area contributed by atoms with Crippen LogP contribution in [0.4, 0.5) is 0 Å². The Morgan fingerprint density at radius 2 is 2.00 bits per heavy atom. The molecule has 0 aliphatic heterocycles. The van der Waals surface area contributed by atoms with Crippen LogP contribution in [0, 0.1) is 0 Å². The van der Waals surface area contributed by atoms with Gasteiger partial charge in [-0.3, -0.25) is 0 Å². The van der Waals surface area contributed by atoms with Crippen molar-refractivity contribution in [2.24, 2.45) is 0 Å². The Hall–Kier alpha value is -0.560. The minimum Gasteiger partial charge on any atom is -0.103 e. The van der Waals surface area contributed by atoms with Crippen LogP contribution in [0.2, 0.25) is 0 Å². The summed E-state index contributed by atoms with van der Waals surface area (Å²) in [7, 11) is 0. The molecule has 12 heavy (non-hydrogen) atoms. The van der Waals surface area contributed by atoms with Gasteiger partial charge in [0.25, 0.3) is 0 Å². The van der Waals surface area contributed by atoms with Crippen LogP contribution in [-0.4, -0.2) is 0 Å². The molecule has 0 aromatic heterocycles. The minimum atomic E-state index is 0.0377. The van der Waals surface area contributed by atoms with Crippen LogP contribution in [0.5, 0.6) is 0 Å². The summed E-state index contributed by atoms with van der Waals surface area (Å²) in [5, 5.41) is 0. The van der Waals surface area contributed by atoms with Gasteiger partial charge >= 0.3 is 0 Å². The molecule has 1 aromatic rings. The van der Waals surface area contributed by atoms with Crippen LogP contribution in [0.15, 0.2) is 43.0 Å². The fraction of sp³-hybridized carbons (Fsp3) is 0.273. The van der Waals surface area contributed by atoms with E-state index >= 15 is 0 Å². The van der Waals surface area contributed by atoms with E-state index in [4.69, 9.17) is 0 Å². The molecule has 0 aliphatic rings. The Kier molecular flexibility index (Phi) is 3.10. The topological polar surface area (TPSA) is 0 Å². The normalized spacial score (nSPS) is 15.2. The number of alkyl halides is 1. The van der Waals surface area contributed by atoms with Gasteiger partial charge in [0.05, 0.1) is 4.32 Å². The molecule has 0 bridgehead atoms. The van der Waals surface area contributed by atoms with E-state index in [1.807, 2.05) is 12.1 Å². The standard InChI is InChI=1S/C11H13Br/c1-3-9-11(2,12)10-7-5-4-6-8-10/h3-8H,1,9H2,2H3. The molecule has 1 aromatic carbocycles. The van der Waals surface area contributed by atoms with Crippen molar-refractivity contribution in [2.75, 3.05) is 0 Å². The average Bonchev–Trinajstić information content (AvgIpc) is 2.06. The van der Waals surface area contributed by atoms with Crippen LogP contribution in [0.3, 0.4) is 0 Å². The highest BCUT2D eigenvalue weighted by Gasteiger charge is 2.19. The van der Waals surface area contributed by atoms with Gasteiger partial charge in [-0.15, -0.1) is 6.58 Å². The van der Waals surface area contributed by atoms with E-state index in [0.29, 0.717) is 0 Å². The van der Waals surface area contributed by atoms with Crippen molar-refractivity contribution in [3.05, 3.63) is 48.6 Å². The van der Waals surface area contributed by atoms with Crippen molar-refractivity contribution < 1.29 is 0 Å². The van der Waals surface area contributed by atoms with Gasteiger partial charge in [0.2, 0.25) is 0 Å². The zero-order valence-electron chi connectivity index (χ0n) is 7.26. The van der Waals surface area contributed by atoms with Gasteiger partial charge in [-0.25, -0.2) is 0 Å². The van der Waals surface area contributed by atoms with Gasteiger partial charge in [0.15, 0.2) is 0 Å². The van der Waals surface area contributed by atoms with E-state index in [1.165, 1.54) is 5.56 Å². The van der Waals surface area contributed by atoms with E-state index in [0.717, 1.165) is 6.42 Å². The molecule has 1 rings (SSSR count). The average molecular weight is 225 g/mol. The number of benzene rings is 1. The van der Waals surface area contributed by atoms with Gasteiger partial charge < -0.3 is 0 Å². The molecule has 0 fully saturated rings. The molecule has 0 saturated heterocycles. The number of hydrogen-bond donors (Lipinski definition) is 0. The molecule has 1 atom stereocenters. The molecule has 0 nitrogen and oxygen atoms in total. The molecular weight excluding hydrogens is 212 g/mol. The third-order valence-electron chi connectivity index (χ3n) is 1.90. The first-order valence-electron chi connectivity index (χ1n) is 4.02. The maximum atomic E-state index is 3.74. The Morgan fingerprint density at radius 3 is 2.50 bits per heavy atom. The van der Waals surface area contributed by atoms with Crippen LogP contribution >= 0.6 is 15.9 Å². The first kappa shape index (κ1) is 9.53. The summed E-state index contributed by atoms with van der Waals surface area (Å²) in [6, 6.07) is 10.4. The van der Waals surface area contributed by atoms with Crippen LogP contribution in [0.1, 0.15) is 18.9 Å². The van der Waals surface area contributed by atoms with Gasteiger partial charge in [0.1, 0.15) is 0 Å². The van der Waals surface area contributed by atoms with Crippen LogP contribution in [-0.2, 0) is 4.32 Å². The molecule has 0 amide bonds. The fourth-order valence-corrected chi connectivity index (χ4v) is 1.67. The molecule has 0 radical (unpaired) electrons. The second-order valence-electron chi connectivity index (χ2n) is 3.06. The smallest absolute Gasteiger partial charge is 0.0512 e. The first-order chi connectivity index (χ1) is 5.67. The lowest BCUT2D eigenvalue weighted by molar-refractivity contribution is 0.725. The number of rotatable bonds is 3. The summed E-state index contributed by atoms with van der Waals surface area (Å²) < 4.78 is 0.0377. The summed E-state index contributed by atoms with van der Waals surface area (Å²) in [6.45, 7) is 5.90. The minimum absolute atomic E-state index is 0.0377. The SMILES string of the molecule is C=CCC(C)(Br)c1ccccc1. The first-order valence-corrected chi connectivity index (χ1v) is 4.81. The molecule has 1 heteroatoms. The summed E-state index contributed by atoms with van der Waals surface area (Å²) in [5.41, 5.74) is 1.30. The maximum absolute atomic E-state index is 3.74. The summed E-state index contributed by atoms with van der Waals surface area (Å²) >= 11 is 3.68. The van der Waals surface area contributed by atoms with Crippen molar-refractivity contribution >= 4 is 15.9 Å². The summed E-state index contributed by atoms with van der Waals surface area (Å²) in [5.74, 6) is 0. The quantitative estimate of drug-likeness (QED) is 0.541. The summed E-state index contributed by atoms with van der Waals surface area (Å²) in [6.07, 6.45) is 2.87. The number of allylic oxidation sites excluding steroid dienone is 1. The largest absolute Gasteiger partial charge is 0.103 e. The Balaban J connectivity index is 2.89. The predicted octanol–water partition coefficient (Wildman–Crippen LogP) is 3.87. The number of hydrogen-bond acceptors (Lipinski definition) is 0. The highest BCUT2D eigenvalue weighted by molar-refractivity contribution is 9.09. The van der Waals surface area contributed by atoms with E-state index < -0.39 is 0 Å². The molecule has 0 heterocycles. The van der Waals surface area contributed by atoms with Gasteiger partial charge in [-0.2, -0.15) is 0 Å². The van der Waals surface area contributed by atoms with Gasteiger partial charge in [-0.1, -0.05) is 52.3 Å². The maximum Gasteiger partial charge on any atom is 0.0512 e. The Labute approximate surface area is 82.4 Å². The van der Waals surface area contributed by atoms with Gasteiger partial charge in [-0.05, 0) is 18.9 Å². The van der Waals surface area contributed by atoms with Crippen molar-refractivity contribution in [2.45, 2.75) is 17.7 Å².